The van der Waals surface area contributed by atoms with Gasteiger partial charge in [0.05, 0.1) is 4.90 Å². The molecule has 1 aromatic rings. The van der Waals surface area contributed by atoms with Gasteiger partial charge in [-0.3, -0.25) is 4.79 Å². The van der Waals surface area contributed by atoms with E-state index < -0.39 is 10.0 Å². The minimum Gasteiger partial charge on any atom is -0.340 e. The van der Waals surface area contributed by atoms with E-state index >= 15 is 0 Å². The summed E-state index contributed by atoms with van der Waals surface area (Å²) >= 11 is 3.33. The molecule has 142 valence electrons. The molecule has 3 aliphatic rings. The molecule has 0 unspecified atom stereocenters. The topological polar surface area (TPSA) is 57.7 Å². The average molecular weight is 441 g/mol. The third-order valence-corrected chi connectivity index (χ3v) is 8.73. The highest BCUT2D eigenvalue weighted by Crippen LogP contribution is 2.49. The number of carbonyl (C=O) groups excluding carboxylic acids is 1. The van der Waals surface area contributed by atoms with Gasteiger partial charge < -0.3 is 4.90 Å². The second kappa shape index (κ2) is 7.24. The van der Waals surface area contributed by atoms with E-state index in [-0.39, 0.29) is 5.91 Å². The molecule has 2 saturated carbocycles. The molecular weight excluding hydrogens is 416 g/mol. The molecule has 0 radical (unpaired) electrons. The number of amides is 1. The molecule has 3 fully saturated rings. The molecule has 0 N–H and O–H groups in total. The van der Waals surface area contributed by atoms with Gasteiger partial charge in [-0.1, -0.05) is 28.4 Å². The van der Waals surface area contributed by atoms with Crippen molar-refractivity contribution in [3.05, 3.63) is 28.7 Å². The second-order valence-electron chi connectivity index (χ2n) is 7.88. The quantitative estimate of drug-likeness (QED) is 0.722. The maximum atomic E-state index is 12.8. The molecule has 0 aromatic heterocycles. The monoisotopic (exact) mass is 440 g/mol. The van der Waals surface area contributed by atoms with Gasteiger partial charge >= 0.3 is 0 Å². The predicted octanol–water partition coefficient (Wildman–Crippen LogP) is 3.11. The zero-order valence-corrected chi connectivity index (χ0v) is 17.2. The number of sulfonamides is 1. The van der Waals surface area contributed by atoms with Gasteiger partial charge in [-0.05, 0) is 55.2 Å². The van der Waals surface area contributed by atoms with Crippen molar-refractivity contribution < 1.29 is 13.2 Å². The summed E-state index contributed by atoms with van der Waals surface area (Å²) in [6, 6.07) is 6.78. The van der Waals surface area contributed by atoms with E-state index in [1.165, 1.54) is 30.0 Å². The number of hydrogen-bond donors (Lipinski definition) is 0. The van der Waals surface area contributed by atoms with Crippen molar-refractivity contribution in [3.8, 4) is 0 Å². The first kappa shape index (κ1) is 18.4. The van der Waals surface area contributed by atoms with E-state index in [1.807, 2.05) is 11.0 Å². The number of nitrogens with zero attached hydrogens (tertiary/aromatic N) is 2. The van der Waals surface area contributed by atoms with Crippen LogP contribution >= 0.6 is 15.9 Å². The second-order valence-corrected chi connectivity index (χ2v) is 10.7. The number of piperazine rings is 1. The largest absolute Gasteiger partial charge is 0.340 e. The fourth-order valence-electron chi connectivity index (χ4n) is 4.93. The van der Waals surface area contributed by atoms with Crippen LogP contribution in [-0.2, 0) is 14.8 Å². The molecule has 1 aliphatic heterocycles. The average Bonchev–Trinajstić information content (AvgIpc) is 3.25. The normalized spacial score (nSPS) is 29.3. The zero-order chi connectivity index (χ0) is 18.3. The summed E-state index contributed by atoms with van der Waals surface area (Å²) in [4.78, 5) is 14.8. The first-order valence-electron chi connectivity index (χ1n) is 9.47. The summed E-state index contributed by atoms with van der Waals surface area (Å²) < 4.78 is 27.8. The van der Waals surface area contributed by atoms with Gasteiger partial charge in [0.2, 0.25) is 15.9 Å². The molecule has 3 atom stereocenters. The van der Waals surface area contributed by atoms with Gasteiger partial charge in [-0.2, -0.15) is 4.31 Å². The van der Waals surface area contributed by atoms with Gasteiger partial charge in [-0.25, -0.2) is 8.42 Å². The molecule has 1 saturated heterocycles. The van der Waals surface area contributed by atoms with Crippen molar-refractivity contribution in [2.24, 2.45) is 17.8 Å². The van der Waals surface area contributed by atoms with E-state index in [0.29, 0.717) is 43.4 Å². The van der Waals surface area contributed by atoms with Crippen LogP contribution in [0.3, 0.4) is 0 Å². The van der Waals surface area contributed by atoms with E-state index in [0.717, 1.165) is 16.3 Å². The van der Waals surface area contributed by atoms with Crippen LogP contribution in [0.1, 0.15) is 32.1 Å². The van der Waals surface area contributed by atoms with Crippen LogP contribution in [0.25, 0.3) is 0 Å². The third kappa shape index (κ3) is 3.58. The van der Waals surface area contributed by atoms with Gasteiger partial charge in [0.15, 0.2) is 0 Å². The van der Waals surface area contributed by atoms with Gasteiger partial charge in [0, 0.05) is 37.1 Å². The Balaban J connectivity index is 1.34. The molecule has 0 spiro atoms. The van der Waals surface area contributed by atoms with Crippen LogP contribution < -0.4 is 0 Å². The maximum absolute atomic E-state index is 12.8. The Morgan fingerprint density at radius 3 is 2.50 bits per heavy atom. The lowest BCUT2D eigenvalue weighted by atomic mass is 9.86. The van der Waals surface area contributed by atoms with Crippen molar-refractivity contribution in [1.29, 1.82) is 0 Å². The summed E-state index contributed by atoms with van der Waals surface area (Å²) in [5.74, 6) is 2.37. The van der Waals surface area contributed by atoms with E-state index in [4.69, 9.17) is 0 Å². The molecule has 2 aliphatic carbocycles. The molecule has 1 heterocycles. The molecule has 7 heteroatoms. The summed E-state index contributed by atoms with van der Waals surface area (Å²) in [7, 11) is -3.50. The fraction of sp³-hybridized carbons (Fsp3) is 0.632. The van der Waals surface area contributed by atoms with Crippen molar-refractivity contribution in [2.75, 3.05) is 26.2 Å². The minimum absolute atomic E-state index is 0.210. The van der Waals surface area contributed by atoms with Crippen LogP contribution in [-0.4, -0.2) is 49.7 Å². The Labute approximate surface area is 163 Å². The van der Waals surface area contributed by atoms with Crippen LogP contribution in [0.5, 0.6) is 0 Å². The molecule has 5 nitrogen and oxygen atoms in total. The summed E-state index contributed by atoms with van der Waals surface area (Å²) in [5.41, 5.74) is 0. The Morgan fingerprint density at radius 1 is 1.12 bits per heavy atom. The van der Waals surface area contributed by atoms with Gasteiger partial charge in [0.1, 0.15) is 0 Å². The van der Waals surface area contributed by atoms with Crippen LogP contribution in [0, 0.1) is 17.8 Å². The zero-order valence-electron chi connectivity index (χ0n) is 14.8. The van der Waals surface area contributed by atoms with Crippen molar-refractivity contribution in [2.45, 2.75) is 37.0 Å². The Bertz CT molecular complexity index is 790. The Hall–Kier alpha value is -0.920. The molecule has 1 amide bonds. The van der Waals surface area contributed by atoms with Gasteiger partial charge in [0.25, 0.3) is 0 Å². The highest BCUT2D eigenvalue weighted by molar-refractivity contribution is 9.10. The lowest BCUT2D eigenvalue weighted by molar-refractivity contribution is -0.133. The number of hydrogen-bond acceptors (Lipinski definition) is 3. The lowest BCUT2D eigenvalue weighted by Crippen LogP contribution is -2.50. The number of halogens is 1. The number of benzene rings is 1. The third-order valence-electron chi connectivity index (χ3n) is 6.35. The highest BCUT2D eigenvalue weighted by atomic mass is 79.9. The molecule has 4 rings (SSSR count). The molecular formula is C19H25BrN2O3S. The molecule has 1 aromatic carbocycles. The summed E-state index contributed by atoms with van der Waals surface area (Å²) in [6.07, 6.45) is 5.83. The smallest absolute Gasteiger partial charge is 0.243 e. The number of fused-ring (bicyclic) bond motifs is 2. The Morgan fingerprint density at radius 2 is 1.88 bits per heavy atom. The molecule has 26 heavy (non-hydrogen) atoms. The lowest BCUT2D eigenvalue weighted by Gasteiger charge is -2.35. The van der Waals surface area contributed by atoms with Crippen molar-refractivity contribution in [1.82, 2.24) is 9.21 Å². The first-order chi connectivity index (χ1) is 12.4. The minimum atomic E-state index is -3.50. The number of rotatable bonds is 4. The first-order valence-corrected chi connectivity index (χ1v) is 11.7. The van der Waals surface area contributed by atoms with Crippen LogP contribution in [0.2, 0.25) is 0 Å². The fourth-order valence-corrected chi connectivity index (χ4v) is 6.95. The molecule has 2 bridgehead atoms. The predicted molar refractivity (Wildman–Crippen MR) is 103 cm³/mol. The highest BCUT2D eigenvalue weighted by Gasteiger charge is 2.41. The van der Waals surface area contributed by atoms with Crippen LogP contribution in [0.15, 0.2) is 33.6 Å². The number of carbonyl (C=O) groups is 1. The van der Waals surface area contributed by atoms with Crippen LogP contribution in [0.4, 0.5) is 0 Å². The van der Waals surface area contributed by atoms with E-state index in [1.54, 1.807) is 18.2 Å². The van der Waals surface area contributed by atoms with E-state index in [2.05, 4.69) is 15.9 Å². The van der Waals surface area contributed by atoms with Crippen molar-refractivity contribution in [3.63, 3.8) is 0 Å². The summed E-state index contributed by atoms with van der Waals surface area (Å²) in [5, 5.41) is 0. The standard InChI is InChI=1S/C19H25BrN2O3S/c20-17-2-1-3-18(13-17)26(24,25)22-8-6-21(7-9-22)19(23)12-16-11-14-4-5-15(16)10-14/h1-3,13-16H,4-12H2/t14-,15-,16+/m0/s1. The Kier molecular flexibility index (Phi) is 5.14. The van der Waals surface area contributed by atoms with Gasteiger partial charge in [-0.15, -0.1) is 0 Å². The summed E-state index contributed by atoms with van der Waals surface area (Å²) in [6.45, 7) is 1.73. The van der Waals surface area contributed by atoms with Crippen molar-refractivity contribution >= 4 is 31.9 Å². The SMILES string of the molecule is O=C(C[C@H]1C[C@H]2CC[C@H]1C2)N1CCN(S(=O)(=O)c2cccc(Br)c2)CC1. The van der Waals surface area contributed by atoms with E-state index in [9.17, 15) is 13.2 Å². The maximum Gasteiger partial charge on any atom is 0.243 e.